The molecule has 0 atom stereocenters. The number of halogens is 2. The fourth-order valence-corrected chi connectivity index (χ4v) is 0.640. The molecule has 0 radical (unpaired) electrons. The van der Waals surface area contributed by atoms with Gasteiger partial charge in [-0.25, -0.2) is 0 Å². The molecule has 0 saturated carbocycles. The van der Waals surface area contributed by atoms with Gasteiger partial charge in [-0.1, -0.05) is 23.8 Å². The van der Waals surface area contributed by atoms with E-state index >= 15 is 0 Å². The maximum Gasteiger partial charge on any atom is 0.219 e. The second-order valence-corrected chi connectivity index (χ2v) is 2.81. The van der Waals surface area contributed by atoms with E-state index < -0.39 is 4.87 Å². The van der Waals surface area contributed by atoms with E-state index in [1.165, 1.54) is 0 Å². The maximum absolute atomic E-state index is 8.41. The van der Waals surface area contributed by atoms with Crippen molar-refractivity contribution >= 4 is 23.2 Å². The minimum atomic E-state index is -1.43. The highest BCUT2D eigenvalue weighted by molar-refractivity contribution is 6.27. The summed E-state index contributed by atoms with van der Waals surface area (Å²) < 4.78 is 0. The highest BCUT2D eigenvalue weighted by Crippen LogP contribution is 2.17. The summed E-state index contributed by atoms with van der Waals surface area (Å²) in [4.78, 5) is -1.43. The van der Waals surface area contributed by atoms with E-state index in [0.29, 0.717) is 5.88 Å². The summed E-state index contributed by atoms with van der Waals surface area (Å²) >= 11 is 10.8. The summed E-state index contributed by atoms with van der Waals surface area (Å²) in [5.74, 6) is 0.365. The maximum atomic E-state index is 8.41. The van der Waals surface area contributed by atoms with Crippen LogP contribution in [0.5, 0.6) is 0 Å². The highest BCUT2D eigenvalue weighted by atomic mass is 35.5. The summed E-state index contributed by atoms with van der Waals surface area (Å²) in [6, 6.07) is 3.39. The minimum absolute atomic E-state index is 0.203. The highest BCUT2D eigenvalue weighted by Gasteiger charge is 2.24. The molecule has 0 saturated heterocycles. The molecule has 0 N–H and O–H groups in total. The smallest absolute Gasteiger partial charge is 0.195 e. The van der Waals surface area contributed by atoms with Gasteiger partial charge < -0.3 is 0 Å². The van der Waals surface area contributed by atoms with Crippen molar-refractivity contribution in [1.82, 2.24) is 0 Å². The molecular weight excluding hydrogens is 183 g/mol. The van der Waals surface area contributed by atoms with Crippen LogP contribution in [-0.4, -0.2) is 10.8 Å². The zero-order chi connectivity index (χ0) is 8.74. The minimum Gasteiger partial charge on any atom is -0.195 e. The van der Waals surface area contributed by atoms with Gasteiger partial charge in [-0.15, -0.1) is 11.6 Å². The number of alkyl halides is 2. The van der Waals surface area contributed by atoms with Crippen LogP contribution in [0.3, 0.4) is 0 Å². The van der Waals surface area contributed by atoms with Gasteiger partial charge in [-0.3, -0.25) is 0 Å². The van der Waals surface area contributed by atoms with E-state index in [2.05, 4.69) is 0 Å². The van der Waals surface area contributed by atoms with Crippen LogP contribution in [0.25, 0.3) is 0 Å². The molecule has 0 unspecified atom stereocenters. The van der Waals surface area contributed by atoms with Crippen LogP contribution in [0.15, 0.2) is 12.2 Å². The van der Waals surface area contributed by atoms with Crippen molar-refractivity contribution in [3.63, 3.8) is 0 Å². The first kappa shape index (κ1) is 10.3. The van der Waals surface area contributed by atoms with Crippen molar-refractivity contribution in [2.45, 2.75) is 11.3 Å². The quantitative estimate of drug-likeness (QED) is 0.504. The molecule has 0 aromatic heterocycles. The predicted octanol–water partition coefficient (Wildman–Crippen LogP) is 2.20. The molecule has 0 fully saturated rings. The van der Waals surface area contributed by atoms with Crippen molar-refractivity contribution in [3.05, 3.63) is 12.2 Å². The third-order valence-corrected chi connectivity index (χ3v) is 1.51. The van der Waals surface area contributed by atoms with Gasteiger partial charge in [0.05, 0.1) is 0 Å². The summed E-state index contributed by atoms with van der Waals surface area (Å²) in [5.41, 5.74) is 0. The van der Waals surface area contributed by atoms with Gasteiger partial charge in [-0.2, -0.15) is 10.5 Å². The number of allylic oxidation sites excluding steroid dienone is 2. The summed E-state index contributed by atoms with van der Waals surface area (Å²) in [6.07, 6.45) is 3.47. The van der Waals surface area contributed by atoms with E-state index in [-0.39, 0.29) is 6.42 Å². The van der Waals surface area contributed by atoms with Crippen LogP contribution in [0.2, 0.25) is 0 Å². The van der Waals surface area contributed by atoms with Gasteiger partial charge in [0.2, 0.25) is 4.87 Å². The largest absolute Gasteiger partial charge is 0.219 e. The molecule has 2 nitrogen and oxygen atoms in total. The van der Waals surface area contributed by atoms with E-state index in [0.717, 1.165) is 0 Å². The van der Waals surface area contributed by atoms with Crippen LogP contribution in [0.4, 0.5) is 0 Å². The van der Waals surface area contributed by atoms with Crippen molar-refractivity contribution in [3.8, 4) is 12.1 Å². The third-order valence-electron chi connectivity index (χ3n) is 1.01. The Hall–Kier alpha value is -0.700. The lowest BCUT2D eigenvalue weighted by atomic mass is 10.1. The topological polar surface area (TPSA) is 47.6 Å². The first-order valence-electron chi connectivity index (χ1n) is 2.91. The average molecular weight is 189 g/mol. The molecule has 0 spiro atoms. The van der Waals surface area contributed by atoms with Gasteiger partial charge in [0.15, 0.2) is 0 Å². The molecule has 0 aliphatic rings. The molecule has 0 rings (SSSR count). The molecule has 0 aromatic carbocycles. The Morgan fingerprint density at radius 2 is 1.82 bits per heavy atom. The van der Waals surface area contributed by atoms with Crippen LogP contribution in [0.1, 0.15) is 6.42 Å². The average Bonchev–Trinajstić information content (AvgIpc) is 2.05. The van der Waals surface area contributed by atoms with E-state index in [1.807, 2.05) is 0 Å². The third kappa shape index (κ3) is 3.88. The Kier molecular flexibility index (Phi) is 4.70. The van der Waals surface area contributed by atoms with Gasteiger partial charge in [0, 0.05) is 12.3 Å². The monoisotopic (exact) mass is 188 g/mol. The van der Waals surface area contributed by atoms with Crippen molar-refractivity contribution in [1.29, 1.82) is 10.5 Å². The lowest BCUT2D eigenvalue weighted by Crippen LogP contribution is -2.13. The van der Waals surface area contributed by atoms with E-state index in [4.69, 9.17) is 33.7 Å². The Morgan fingerprint density at radius 3 is 2.18 bits per heavy atom. The Balaban J connectivity index is 4.05. The summed E-state index contributed by atoms with van der Waals surface area (Å²) in [7, 11) is 0. The van der Waals surface area contributed by atoms with Crippen LogP contribution < -0.4 is 0 Å². The lowest BCUT2D eigenvalue weighted by Gasteiger charge is -2.03. The SMILES string of the molecule is N#CC(Cl)(C#N)C/C=C/CCl. The molecule has 0 bridgehead atoms. The van der Waals surface area contributed by atoms with Crippen molar-refractivity contribution in [2.24, 2.45) is 0 Å². The van der Waals surface area contributed by atoms with Gasteiger partial charge >= 0.3 is 0 Å². The Bertz CT molecular complexity index is 208. The first-order valence-corrected chi connectivity index (χ1v) is 3.82. The van der Waals surface area contributed by atoms with Gasteiger partial charge in [0.1, 0.15) is 12.1 Å². The molecular formula is C7H6Cl2N2. The molecule has 0 amide bonds. The van der Waals surface area contributed by atoms with E-state index in [9.17, 15) is 0 Å². The Labute approximate surface area is 75.6 Å². The number of nitriles is 2. The van der Waals surface area contributed by atoms with Crippen LogP contribution in [0, 0.1) is 22.7 Å². The van der Waals surface area contributed by atoms with Crippen LogP contribution >= 0.6 is 23.2 Å². The van der Waals surface area contributed by atoms with Gasteiger partial charge in [0.25, 0.3) is 0 Å². The van der Waals surface area contributed by atoms with E-state index in [1.54, 1.807) is 24.3 Å². The van der Waals surface area contributed by atoms with Crippen molar-refractivity contribution < 1.29 is 0 Å². The predicted molar refractivity (Wildman–Crippen MR) is 44.3 cm³/mol. The fourth-order valence-electron chi connectivity index (χ4n) is 0.425. The molecule has 11 heavy (non-hydrogen) atoms. The lowest BCUT2D eigenvalue weighted by molar-refractivity contribution is 0.904. The van der Waals surface area contributed by atoms with Gasteiger partial charge in [-0.05, 0) is 0 Å². The first-order chi connectivity index (χ1) is 5.18. The number of hydrogen-bond donors (Lipinski definition) is 0. The zero-order valence-electron chi connectivity index (χ0n) is 5.72. The summed E-state index contributed by atoms with van der Waals surface area (Å²) in [5, 5.41) is 16.8. The molecule has 0 heterocycles. The second-order valence-electron chi connectivity index (χ2n) is 1.85. The normalized spacial score (nSPS) is 10.9. The number of rotatable bonds is 3. The molecule has 0 aliphatic heterocycles. The molecule has 0 aliphatic carbocycles. The second kappa shape index (κ2) is 5.02. The summed E-state index contributed by atoms with van der Waals surface area (Å²) in [6.45, 7) is 0. The Morgan fingerprint density at radius 1 is 1.27 bits per heavy atom. The van der Waals surface area contributed by atoms with Crippen molar-refractivity contribution in [2.75, 3.05) is 5.88 Å². The molecule has 58 valence electrons. The van der Waals surface area contributed by atoms with Crippen LogP contribution in [-0.2, 0) is 0 Å². The standard InChI is InChI=1S/C7H6Cl2N2/c8-4-2-1-3-7(9,5-10)6-11/h1-2H,3-4H2/b2-1+. The zero-order valence-corrected chi connectivity index (χ0v) is 7.23. The molecule has 4 heteroatoms. The fraction of sp³-hybridized carbons (Fsp3) is 0.429. The number of hydrogen-bond acceptors (Lipinski definition) is 2. The molecule has 0 aromatic rings. The number of nitrogens with zero attached hydrogens (tertiary/aromatic N) is 2.